The van der Waals surface area contributed by atoms with Crippen LogP contribution >= 0.6 is 0 Å². The van der Waals surface area contributed by atoms with Crippen LogP contribution in [-0.4, -0.2) is 25.6 Å². The summed E-state index contributed by atoms with van der Waals surface area (Å²) in [4.78, 5) is 0. The smallest absolute Gasteiger partial charge is 0.0134 e. The Morgan fingerprint density at radius 3 is 2.77 bits per heavy atom. The molecule has 0 amide bonds. The topological polar surface area (TPSA) is 15.3 Å². The molecule has 0 heterocycles. The summed E-state index contributed by atoms with van der Waals surface area (Å²) in [5.41, 5.74) is 4.92. The lowest BCUT2D eigenvalue weighted by Crippen LogP contribution is -2.35. The molecule has 2 heteroatoms. The summed E-state index contributed by atoms with van der Waals surface area (Å²) >= 11 is 0. The van der Waals surface area contributed by atoms with Crippen LogP contribution in [0.15, 0.2) is 11.6 Å². The third-order valence-corrected chi connectivity index (χ3v) is 2.58. The number of nitrogens with one attached hydrogen (secondary N) is 1. The lowest BCUT2D eigenvalue weighted by atomic mass is 9.84. The van der Waals surface area contributed by atoms with Gasteiger partial charge in [0.1, 0.15) is 0 Å². The molecule has 2 unspecified atom stereocenters. The maximum Gasteiger partial charge on any atom is 0.0134 e. The molecule has 0 fully saturated rings. The molecule has 0 aliphatic heterocycles. The van der Waals surface area contributed by atoms with Gasteiger partial charge >= 0.3 is 0 Å². The summed E-state index contributed by atoms with van der Waals surface area (Å²) in [6, 6.07) is 0. The van der Waals surface area contributed by atoms with E-state index in [1.54, 1.807) is 5.57 Å². The van der Waals surface area contributed by atoms with Gasteiger partial charge in [0.25, 0.3) is 0 Å². The molecule has 1 N–H and O–H groups in total. The van der Waals surface area contributed by atoms with Crippen molar-refractivity contribution in [2.24, 2.45) is 11.8 Å². The number of hydrogen-bond donors (Lipinski definition) is 1. The first-order chi connectivity index (χ1) is 6.08. The lowest BCUT2D eigenvalue weighted by molar-refractivity contribution is 0.245. The summed E-state index contributed by atoms with van der Waals surface area (Å²) < 4.78 is 0. The minimum atomic E-state index is 0.766. The first kappa shape index (κ1) is 10.7. The van der Waals surface area contributed by atoms with Crippen LogP contribution in [0.4, 0.5) is 0 Å². The zero-order chi connectivity index (χ0) is 9.84. The Hall–Kier alpha value is -0.340. The number of allylic oxidation sites excluding steroid dienone is 2. The van der Waals surface area contributed by atoms with Gasteiger partial charge in [-0.2, -0.15) is 0 Å². The molecular weight excluding hydrogens is 160 g/mol. The molecule has 0 aromatic rings. The molecule has 1 rings (SSSR count). The van der Waals surface area contributed by atoms with E-state index in [9.17, 15) is 0 Å². The molecule has 2 atom stereocenters. The number of rotatable bonds is 3. The normalized spacial score (nSPS) is 29.2. The Morgan fingerprint density at radius 1 is 1.54 bits per heavy atom. The van der Waals surface area contributed by atoms with Crippen molar-refractivity contribution in [3.8, 4) is 0 Å². The summed E-state index contributed by atoms with van der Waals surface area (Å²) in [5.74, 6) is 1.59. The van der Waals surface area contributed by atoms with Crippen LogP contribution in [0, 0.1) is 11.8 Å². The monoisotopic (exact) mass is 182 g/mol. The fourth-order valence-corrected chi connectivity index (χ4v) is 2.15. The lowest BCUT2D eigenvalue weighted by Gasteiger charge is -2.26. The Bertz CT molecular complexity index is 185. The SMILES string of the molecule is CC1=CC(C)CC(CNN(C)C)C1. The van der Waals surface area contributed by atoms with Gasteiger partial charge in [0.05, 0.1) is 0 Å². The molecular formula is C11H22N2. The highest BCUT2D eigenvalue weighted by Crippen LogP contribution is 2.27. The second kappa shape index (κ2) is 4.77. The highest BCUT2D eigenvalue weighted by molar-refractivity contribution is 5.06. The Balaban J connectivity index is 2.33. The number of hydrazine groups is 1. The Labute approximate surface area is 82.0 Å². The van der Waals surface area contributed by atoms with Gasteiger partial charge in [-0.05, 0) is 31.6 Å². The van der Waals surface area contributed by atoms with Crippen molar-refractivity contribution in [2.45, 2.75) is 26.7 Å². The predicted molar refractivity (Wildman–Crippen MR) is 57.3 cm³/mol. The van der Waals surface area contributed by atoms with E-state index >= 15 is 0 Å². The summed E-state index contributed by atoms with van der Waals surface area (Å²) in [7, 11) is 4.10. The highest BCUT2D eigenvalue weighted by atomic mass is 15.5. The molecule has 0 saturated heterocycles. The van der Waals surface area contributed by atoms with E-state index in [0.717, 1.165) is 18.4 Å². The molecule has 2 nitrogen and oxygen atoms in total. The van der Waals surface area contributed by atoms with Crippen molar-refractivity contribution < 1.29 is 0 Å². The van der Waals surface area contributed by atoms with Gasteiger partial charge < -0.3 is 0 Å². The first-order valence-electron chi connectivity index (χ1n) is 5.16. The zero-order valence-electron chi connectivity index (χ0n) is 9.30. The van der Waals surface area contributed by atoms with E-state index in [4.69, 9.17) is 0 Å². The molecule has 13 heavy (non-hydrogen) atoms. The van der Waals surface area contributed by atoms with E-state index in [1.807, 2.05) is 5.01 Å². The molecule has 0 aromatic heterocycles. The van der Waals surface area contributed by atoms with Crippen LogP contribution in [0.2, 0.25) is 0 Å². The summed E-state index contributed by atoms with van der Waals surface area (Å²) in [6.07, 6.45) is 5.01. The van der Waals surface area contributed by atoms with Gasteiger partial charge in [-0.3, -0.25) is 10.4 Å². The van der Waals surface area contributed by atoms with Crippen LogP contribution in [0.25, 0.3) is 0 Å². The third-order valence-electron chi connectivity index (χ3n) is 2.58. The van der Waals surface area contributed by atoms with Crippen LogP contribution in [0.3, 0.4) is 0 Å². The van der Waals surface area contributed by atoms with E-state index in [0.29, 0.717) is 0 Å². The fraction of sp³-hybridized carbons (Fsp3) is 0.818. The minimum Gasteiger partial charge on any atom is -0.255 e. The third kappa shape index (κ3) is 3.92. The molecule has 0 saturated carbocycles. The Kier molecular flexibility index (Phi) is 3.94. The van der Waals surface area contributed by atoms with Crippen molar-refractivity contribution in [1.29, 1.82) is 0 Å². The molecule has 0 aromatic carbocycles. The van der Waals surface area contributed by atoms with Crippen LogP contribution in [-0.2, 0) is 0 Å². The second-order valence-corrected chi connectivity index (χ2v) is 4.55. The molecule has 0 spiro atoms. The van der Waals surface area contributed by atoms with Crippen LogP contribution in [0.5, 0.6) is 0 Å². The van der Waals surface area contributed by atoms with Gasteiger partial charge in [0.2, 0.25) is 0 Å². The first-order valence-corrected chi connectivity index (χ1v) is 5.16. The van der Waals surface area contributed by atoms with Crippen molar-refractivity contribution in [2.75, 3.05) is 20.6 Å². The van der Waals surface area contributed by atoms with E-state index in [-0.39, 0.29) is 0 Å². The molecule has 0 bridgehead atoms. The fourth-order valence-electron chi connectivity index (χ4n) is 2.15. The maximum atomic E-state index is 3.36. The summed E-state index contributed by atoms with van der Waals surface area (Å²) in [6.45, 7) is 5.67. The predicted octanol–water partition coefficient (Wildman–Crippen LogP) is 2.04. The van der Waals surface area contributed by atoms with Crippen LogP contribution < -0.4 is 5.43 Å². The maximum absolute atomic E-state index is 3.36. The van der Waals surface area contributed by atoms with E-state index in [1.165, 1.54) is 12.8 Å². The van der Waals surface area contributed by atoms with Gasteiger partial charge in [0.15, 0.2) is 0 Å². The minimum absolute atomic E-state index is 0.766. The summed E-state index contributed by atoms with van der Waals surface area (Å²) in [5, 5.41) is 2.04. The van der Waals surface area contributed by atoms with Crippen molar-refractivity contribution in [3.63, 3.8) is 0 Å². The average molecular weight is 182 g/mol. The molecule has 1 aliphatic rings. The highest BCUT2D eigenvalue weighted by Gasteiger charge is 2.17. The largest absolute Gasteiger partial charge is 0.255 e. The van der Waals surface area contributed by atoms with E-state index in [2.05, 4.69) is 39.4 Å². The molecule has 76 valence electrons. The second-order valence-electron chi connectivity index (χ2n) is 4.55. The van der Waals surface area contributed by atoms with Crippen molar-refractivity contribution in [3.05, 3.63) is 11.6 Å². The quantitative estimate of drug-likeness (QED) is 0.531. The average Bonchev–Trinajstić information content (AvgIpc) is 1.99. The van der Waals surface area contributed by atoms with E-state index < -0.39 is 0 Å². The van der Waals surface area contributed by atoms with Gasteiger partial charge in [-0.1, -0.05) is 18.6 Å². The van der Waals surface area contributed by atoms with Crippen molar-refractivity contribution >= 4 is 0 Å². The zero-order valence-corrected chi connectivity index (χ0v) is 9.30. The van der Waals surface area contributed by atoms with Gasteiger partial charge in [0, 0.05) is 20.6 Å². The number of nitrogens with zero attached hydrogens (tertiary/aromatic N) is 1. The molecule has 0 radical (unpaired) electrons. The van der Waals surface area contributed by atoms with Crippen LogP contribution in [0.1, 0.15) is 26.7 Å². The van der Waals surface area contributed by atoms with Gasteiger partial charge in [-0.15, -0.1) is 0 Å². The standard InChI is InChI=1S/C11H22N2/c1-9-5-10(2)7-11(6-9)8-12-13(3)4/h5,9,11-12H,6-8H2,1-4H3. The molecule has 1 aliphatic carbocycles. The van der Waals surface area contributed by atoms with Gasteiger partial charge in [-0.25, -0.2) is 0 Å². The number of hydrogen-bond acceptors (Lipinski definition) is 2. The Morgan fingerprint density at radius 2 is 2.23 bits per heavy atom. The van der Waals surface area contributed by atoms with Crippen molar-refractivity contribution in [1.82, 2.24) is 10.4 Å².